The zero-order chi connectivity index (χ0) is 17.5. The predicted octanol–water partition coefficient (Wildman–Crippen LogP) is 2.61. The van der Waals surface area contributed by atoms with Gasteiger partial charge in [-0.05, 0) is 31.6 Å². The number of fused-ring (bicyclic) bond motifs is 4. The van der Waals surface area contributed by atoms with E-state index in [1.165, 1.54) is 6.07 Å². The number of thiocarbonyl (C=S) groups is 1. The van der Waals surface area contributed by atoms with E-state index in [0.29, 0.717) is 17.5 Å². The van der Waals surface area contributed by atoms with Gasteiger partial charge in [0, 0.05) is 43.9 Å². The summed E-state index contributed by atoms with van der Waals surface area (Å²) in [7, 11) is 1.67. The molecule has 1 aromatic carbocycles. The Labute approximate surface area is 146 Å². The highest BCUT2D eigenvalue weighted by Crippen LogP contribution is 2.48. The number of nitro benzene ring substituents is 1. The Hall–Kier alpha value is -1.93. The van der Waals surface area contributed by atoms with Crippen molar-refractivity contribution in [1.82, 2.24) is 10.2 Å². The SMILES string of the molecule is COCCCN1C(=S)NC2c3cc([N+](=O)[O-])ccc3OC1(C)C2C. The Morgan fingerprint density at radius 3 is 2.96 bits per heavy atom. The number of hydrogen-bond donors (Lipinski definition) is 1. The van der Waals surface area contributed by atoms with Crippen LogP contribution in [0.4, 0.5) is 5.69 Å². The predicted molar refractivity (Wildman–Crippen MR) is 93.0 cm³/mol. The number of hydrogen-bond acceptors (Lipinski definition) is 5. The van der Waals surface area contributed by atoms with Crippen molar-refractivity contribution in [3.8, 4) is 5.75 Å². The van der Waals surface area contributed by atoms with Crippen molar-refractivity contribution >= 4 is 23.0 Å². The molecule has 0 aliphatic carbocycles. The highest BCUT2D eigenvalue weighted by molar-refractivity contribution is 7.80. The van der Waals surface area contributed by atoms with Gasteiger partial charge in [-0.15, -0.1) is 0 Å². The monoisotopic (exact) mass is 351 g/mol. The minimum atomic E-state index is -0.593. The number of rotatable bonds is 5. The van der Waals surface area contributed by atoms with E-state index in [9.17, 15) is 10.1 Å². The van der Waals surface area contributed by atoms with Crippen LogP contribution in [0.2, 0.25) is 0 Å². The first kappa shape index (κ1) is 16.9. The van der Waals surface area contributed by atoms with Crippen LogP contribution in [-0.2, 0) is 4.74 Å². The average molecular weight is 351 g/mol. The summed E-state index contributed by atoms with van der Waals surface area (Å²) in [6, 6.07) is 4.62. The van der Waals surface area contributed by atoms with Crippen molar-refractivity contribution in [3.05, 3.63) is 33.9 Å². The van der Waals surface area contributed by atoms with Crippen LogP contribution in [0.3, 0.4) is 0 Å². The molecule has 0 aromatic heterocycles. The zero-order valence-electron chi connectivity index (χ0n) is 13.9. The molecule has 0 amide bonds. The van der Waals surface area contributed by atoms with Gasteiger partial charge >= 0.3 is 0 Å². The van der Waals surface area contributed by atoms with E-state index in [1.54, 1.807) is 19.2 Å². The number of methoxy groups -OCH3 is 1. The van der Waals surface area contributed by atoms with Crippen molar-refractivity contribution in [2.24, 2.45) is 5.92 Å². The fraction of sp³-hybridized carbons (Fsp3) is 0.562. The molecule has 1 N–H and O–H groups in total. The quantitative estimate of drug-likeness (QED) is 0.378. The lowest BCUT2D eigenvalue weighted by Gasteiger charge is -2.56. The number of nitro groups is 1. The Balaban J connectivity index is 1.97. The van der Waals surface area contributed by atoms with Crippen molar-refractivity contribution in [3.63, 3.8) is 0 Å². The van der Waals surface area contributed by atoms with E-state index in [-0.39, 0.29) is 17.6 Å². The minimum absolute atomic E-state index is 0.0587. The van der Waals surface area contributed by atoms with E-state index < -0.39 is 10.6 Å². The molecule has 2 aliphatic heterocycles. The van der Waals surface area contributed by atoms with E-state index >= 15 is 0 Å². The molecule has 8 heteroatoms. The molecule has 3 unspecified atom stereocenters. The van der Waals surface area contributed by atoms with Crippen molar-refractivity contribution in [1.29, 1.82) is 0 Å². The molecular weight excluding hydrogens is 330 g/mol. The van der Waals surface area contributed by atoms with Crippen LogP contribution >= 0.6 is 12.2 Å². The summed E-state index contributed by atoms with van der Waals surface area (Å²) in [5, 5.41) is 15.0. The first-order valence-corrected chi connectivity index (χ1v) is 8.33. The second kappa shape index (κ2) is 6.18. The summed E-state index contributed by atoms with van der Waals surface area (Å²) in [5.41, 5.74) is 0.251. The number of nitrogens with zero attached hydrogens (tertiary/aromatic N) is 2. The second-order valence-corrected chi connectivity index (χ2v) is 6.74. The third kappa shape index (κ3) is 2.59. The molecule has 0 saturated carbocycles. The van der Waals surface area contributed by atoms with Crippen LogP contribution < -0.4 is 10.1 Å². The molecule has 0 spiro atoms. The highest BCUT2D eigenvalue weighted by Gasteiger charge is 2.53. The third-order valence-electron chi connectivity index (χ3n) is 4.99. The summed E-state index contributed by atoms with van der Waals surface area (Å²) in [5.74, 6) is 0.735. The number of non-ortho nitro benzene ring substituents is 1. The molecule has 1 aromatic rings. The summed E-state index contributed by atoms with van der Waals surface area (Å²) in [6.45, 7) is 5.46. The van der Waals surface area contributed by atoms with Crippen LogP contribution in [0.5, 0.6) is 5.75 Å². The maximum absolute atomic E-state index is 11.1. The average Bonchev–Trinajstić information content (AvgIpc) is 2.53. The molecule has 3 rings (SSSR count). The van der Waals surface area contributed by atoms with Gasteiger partial charge in [0.25, 0.3) is 5.69 Å². The lowest BCUT2D eigenvalue weighted by atomic mass is 9.80. The van der Waals surface area contributed by atoms with Crippen LogP contribution in [0.25, 0.3) is 0 Å². The molecule has 130 valence electrons. The molecule has 24 heavy (non-hydrogen) atoms. The lowest BCUT2D eigenvalue weighted by Crippen LogP contribution is -2.69. The van der Waals surface area contributed by atoms with Gasteiger partial charge in [0.05, 0.1) is 11.0 Å². The third-order valence-corrected chi connectivity index (χ3v) is 5.33. The first-order valence-electron chi connectivity index (χ1n) is 7.93. The summed E-state index contributed by atoms with van der Waals surface area (Å²) in [4.78, 5) is 12.7. The van der Waals surface area contributed by atoms with Crippen LogP contribution in [0.1, 0.15) is 31.9 Å². The molecule has 2 heterocycles. The van der Waals surface area contributed by atoms with E-state index in [0.717, 1.165) is 18.5 Å². The Morgan fingerprint density at radius 2 is 2.29 bits per heavy atom. The zero-order valence-corrected chi connectivity index (χ0v) is 14.8. The maximum Gasteiger partial charge on any atom is 0.270 e. The fourth-order valence-electron chi connectivity index (χ4n) is 3.49. The normalized spacial score (nSPS) is 28.0. The Kier molecular flexibility index (Phi) is 4.35. The highest BCUT2D eigenvalue weighted by atomic mass is 32.1. The first-order chi connectivity index (χ1) is 11.4. The fourth-order valence-corrected chi connectivity index (χ4v) is 3.89. The van der Waals surface area contributed by atoms with Crippen LogP contribution in [-0.4, -0.2) is 40.9 Å². The van der Waals surface area contributed by atoms with Gasteiger partial charge < -0.3 is 19.7 Å². The molecule has 1 saturated heterocycles. The molecule has 1 fully saturated rings. The number of benzene rings is 1. The number of ether oxygens (including phenoxy) is 2. The molecule has 3 atom stereocenters. The minimum Gasteiger partial charge on any atom is -0.467 e. The largest absolute Gasteiger partial charge is 0.467 e. The Morgan fingerprint density at radius 1 is 1.54 bits per heavy atom. The molecule has 2 bridgehead atoms. The maximum atomic E-state index is 11.1. The van der Waals surface area contributed by atoms with Gasteiger partial charge in [-0.25, -0.2) is 0 Å². The standard InChI is InChI=1S/C16H21N3O4S/c1-10-14-12-9-11(19(20)21)5-6-13(12)23-16(10,2)18(15(24)17-14)7-4-8-22-3/h5-6,9-10,14H,4,7-8H2,1-3H3,(H,17,24). The number of nitrogens with one attached hydrogen (secondary N) is 1. The van der Waals surface area contributed by atoms with Crippen molar-refractivity contribution in [2.45, 2.75) is 32.0 Å². The Bertz CT molecular complexity index is 683. The van der Waals surface area contributed by atoms with Gasteiger partial charge in [-0.1, -0.05) is 6.92 Å². The molecule has 2 aliphatic rings. The van der Waals surface area contributed by atoms with Crippen LogP contribution in [0.15, 0.2) is 18.2 Å². The van der Waals surface area contributed by atoms with Crippen LogP contribution in [0, 0.1) is 16.0 Å². The van der Waals surface area contributed by atoms with Crippen molar-refractivity contribution < 1.29 is 14.4 Å². The molecule has 0 radical (unpaired) electrons. The second-order valence-electron chi connectivity index (χ2n) is 6.35. The summed E-state index contributed by atoms with van der Waals surface area (Å²) in [6.07, 6.45) is 0.835. The topological polar surface area (TPSA) is 76.9 Å². The van der Waals surface area contributed by atoms with E-state index in [1.807, 2.05) is 11.8 Å². The van der Waals surface area contributed by atoms with Gasteiger partial charge in [-0.2, -0.15) is 0 Å². The van der Waals surface area contributed by atoms with Crippen molar-refractivity contribution in [2.75, 3.05) is 20.3 Å². The van der Waals surface area contributed by atoms with Gasteiger partial charge in [0.1, 0.15) is 5.75 Å². The lowest BCUT2D eigenvalue weighted by molar-refractivity contribution is -0.385. The van der Waals surface area contributed by atoms with Gasteiger partial charge in [0.15, 0.2) is 10.8 Å². The van der Waals surface area contributed by atoms with Gasteiger partial charge in [0.2, 0.25) is 0 Å². The summed E-state index contributed by atoms with van der Waals surface area (Å²) < 4.78 is 11.4. The molecular formula is C16H21N3O4S. The summed E-state index contributed by atoms with van der Waals surface area (Å²) >= 11 is 5.53. The van der Waals surface area contributed by atoms with Gasteiger partial charge in [-0.3, -0.25) is 10.1 Å². The molecule has 7 nitrogen and oxygen atoms in total. The van der Waals surface area contributed by atoms with E-state index in [4.69, 9.17) is 21.7 Å². The smallest absolute Gasteiger partial charge is 0.270 e. The van der Waals surface area contributed by atoms with E-state index in [2.05, 4.69) is 12.2 Å².